The molecule has 6 nitrogen and oxygen atoms in total. The predicted octanol–water partition coefficient (Wildman–Crippen LogP) is 14.5. The summed E-state index contributed by atoms with van der Waals surface area (Å²) in [6.07, 6.45) is 7.53. The molecule has 298 valence electrons. The molecule has 14 aromatic rings. The number of hydrogen-bond acceptors (Lipinski definition) is 2. The van der Waals surface area contributed by atoms with Crippen molar-refractivity contribution in [2.75, 3.05) is 0 Å². The van der Waals surface area contributed by atoms with Crippen LogP contribution < -0.4 is 0 Å². The van der Waals surface area contributed by atoms with E-state index >= 15 is 0 Å². The van der Waals surface area contributed by atoms with E-state index in [1.165, 1.54) is 81.8 Å². The number of para-hydroxylation sites is 3. The summed E-state index contributed by atoms with van der Waals surface area (Å²) >= 11 is 0. The van der Waals surface area contributed by atoms with Crippen LogP contribution in [-0.4, -0.2) is 28.2 Å². The first-order valence-corrected chi connectivity index (χ1v) is 21.7. The summed E-state index contributed by atoms with van der Waals surface area (Å²) in [5.74, 6) is 0. The number of hydrogen-bond donors (Lipinski definition) is 0. The Morgan fingerprint density at radius 3 is 1.00 bits per heavy atom. The van der Waals surface area contributed by atoms with Gasteiger partial charge in [0.25, 0.3) is 0 Å². The Balaban J connectivity index is 1.07. The highest BCUT2D eigenvalue weighted by Crippen LogP contribution is 2.44. The monoisotopic (exact) mass is 816 g/mol. The van der Waals surface area contributed by atoms with Gasteiger partial charge in [0.15, 0.2) is 0 Å². The second-order valence-corrected chi connectivity index (χ2v) is 16.6. The minimum absolute atomic E-state index is 1.08. The summed E-state index contributed by atoms with van der Waals surface area (Å²) in [5.41, 5.74) is 16.1. The van der Waals surface area contributed by atoms with Gasteiger partial charge in [-0.2, -0.15) is 0 Å². The zero-order valence-electron chi connectivity index (χ0n) is 34.5. The average Bonchev–Trinajstić information content (AvgIpc) is 4.10. The van der Waals surface area contributed by atoms with Crippen molar-refractivity contribution in [2.45, 2.75) is 0 Å². The molecule has 0 radical (unpaired) electrons. The number of fused-ring (bicyclic) bond motifs is 14. The van der Waals surface area contributed by atoms with Crippen molar-refractivity contribution in [3.05, 3.63) is 219 Å². The van der Waals surface area contributed by atoms with Crippen molar-refractivity contribution in [1.29, 1.82) is 0 Å². The molecule has 64 heavy (non-hydrogen) atoms. The molecule has 6 heterocycles. The number of rotatable bonds is 5. The number of nitrogens with zero attached hydrogens (tertiary/aromatic N) is 6. The van der Waals surface area contributed by atoms with Gasteiger partial charge in [-0.15, -0.1) is 0 Å². The maximum absolute atomic E-state index is 4.41. The molecule has 6 heteroatoms. The Bertz CT molecular complexity index is 4160. The van der Waals surface area contributed by atoms with Crippen LogP contribution in [0.15, 0.2) is 219 Å². The van der Waals surface area contributed by atoms with E-state index < -0.39 is 0 Å². The molecule has 0 saturated heterocycles. The van der Waals surface area contributed by atoms with E-state index in [4.69, 9.17) is 0 Å². The van der Waals surface area contributed by atoms with Crippen LogP contribution in [-0.2, 0) is 0 Å². The van der Waals surface area contributed by atoms with Crippen LogP contribution in [0.3, 0.4) is 0 Å². The van der Waals surface area contributed by atoms with Crippen molar-refractivity contribution in [2.24, 2.45) is 0 Å². The molecule has 0 spiro atoms. The third-order valence-electron chi connectivity index (χ3n) is 13.3. The Morgan fingerprint density at radius 1 is 0.234 bits per heavy atom. The van der Waals surface area contributed by atoms with Gasteiger partial charge in [0.05, 0.1) is 44.1 Å². The molecular formula is C58H36N6. The largest absolute Gasteiger partial charge is 0.307 e. The highest BCUT2D eigenvalue weighted by Gasteiger charge is 2.24. The molecule has 14 rings (SSSR count). The van der Waals surface area contributed by atoms with Crippen molar-refractivity contribution in [1.82, 2.24) is 28.2 Å². The topological polar surface area (TPSA) is 45.5 Å². The van der Waals surface area contributed by atoms with Crippen LogP contribution in [0.25, 0.3) is 121 Å². The third kappa shape index (κ3) is 4.85. The predicted molar refractivity (Wildman–Crippen MR) is 265 cm³/mol. The van der Waals surface area contributed by atoms with Crippen molar-refractivity contribution in [3.63, 3.8) is 0 Å². The van der Waals surface area contributed by atoms with E-state index in [9.17, 15) is 0 Å². The van der Waals surface area contributed by atoms with Gasteiger partial charge in [-0.05, 0) is 90.0 Å². The molecule has 0 unspecified atom stereocenters. The van der Waals surface area contributed by atoms with Crippen LogP contribution in [0.5, 0.6) is 0 Å². The molecule has 0 atom stereocenters. The lowest BCUT2D eigenvalue weighted by Crippen LogP contribution is -2.01. The molecule has 0 bridgehead atoms. The van der Waals surface area contributed by atoms with E-state index in [-0.39, 0.29) is 0 Å². The average molecular weight is 817 g/mol. The van der Waals surface area contributed by atoms with E-state index in [0.717, 1.165) is 39.3 Å². The second-order valence-electron chi connectivity index (χ2n) is 16.6. The van der Waals surface area contributed by atoms with Crippen molar-refractivity contribution in [3.8, 4) is 33.9 Å². The summed E-state index contributed by atoms with van der Waals surface area (Å²) in [5, 5.41) is 9.72. The minimum atomic E-state index is 1.08. The van der Waals surface area contributed by atoms with Crippen LogP contribution in [0.4, 0.5) is 0 Å². The first-order chi connectivity index (χ1) is 31.8. The van der Waals surface area contributed by atoms with Gasteiger partial charge in [-0.3, -0.25) is 9.97 Å². The maximum Gasteiger partial charge on any atom is 0.0788 e. The fourth-order valence-corrected chi connectivity index (χ4v) is 10.7. The molecular weight excluding hydrogens is 781 g/mol. The molecule has 8 aromatic carbocycles. The zero-order chi connectivity index (χ0) is 41.9. The van der Waals surface area contributed by atoms with Crippen LogP contribution >= 0.6 is 0 Å². The maximum atomic E-state index is 4.41. The third-order valence-corrected chi connectivity index (χ3v) is 13.3. The minimum Gasteiger partial charge on any atom is -0.307 e. The lowest BCUT2D eigenvalue weighted by Gasteiger charge is -2.15. The van der Waals surface area contributed by atoms with Crippen LogP contribution in [0, 0.1) is 0 Å². The summed E-state index contributed by atoms with van der Waals surface area (Å²) in [7, 11) is 0. The van der Waals surface area contributed by atoms with Gasteiger partial charge in [-0.25, -0.2) is 0 Å². The summed E-state index contributed by atoms with van der Waals surface area (Å²) in [6.45, 7) is 0. The fraction of sp³-hybridized carbons (Fsp3) is 0. The lowest BCUT2D eigenvalue weighted by molar-refractivity contribution is 1.12. The standard InChI is InChI=1S/C58H36N6/c1-2-10-37(11-3-1)38-18-27-54-50(36-38)49-26-25-48-45-14-6-9-17-53(45)64(42-30-34-60-35-31-42)57(48)58(49)62(54)40-21-19-39(20-22-40)61-51-15-7-4-12-43(51)46-23-24-47-44-13-5-8-16-52(44)63(56(47)55(46)61)41-28-32-59-33-29-41/h1-36H. The number of benzene rings is 8. The second kappa shape index (κ2) is 13.4. The molecule has 0 aliphatic heterocycles. The molecule has 6 aromatic heterocycles. The lowest BCUT2D eigenvalue weighted by atomic mass is 10.0. The Kier molecular flexibility index (Phi) is 7.30. The first-order valence-electron chi connectivity index (χ1n) is 21.7. The molecule has 0 aliphatic carbocycles. The summed E-state index contributed by atoms with van der Waals surface area (Å²) in [6, 6.07) is 70.8. The SMILES string of the molecule is c1ccc(-c2ccc3c(c2)c2ccc4c5ccccc5n(-c5ccncc5)c4c2n3-c2ccc(-n3c4ccccc4c4ccc5c6ccccc6n(-c6ccncc6)c5c43)cc2)cc1. The molecule has 0 aliphatic rings. The number of aromatic nitrogens is 6. The van der Waals surface area contributed by atoms with E-state index in [1.807, 2.05) is 24.8 Å². The Labute approximate surface area is 366 Å². The smallest absolute Gasteiger partial charge is 0.0788 e. The Hall–Kier alpha value is -8.74. The highest BCUT2D eigenvalue weighted by atomic mass is 15.1. The van der Waals surface area contributed by atoms with Gasteiger partial charge < -0.3 is 18.3 Å². The fourth-order valence-electron chi connectivity index (χ4n) is 10.7. The van der Waals surface area contributed by atoms with Gasteiger partial charge >= 0.3 is 0 Å². The van der Waals surface area contributed by atoms with Crippen LogP contribution in [0.2, 0.25) is 0 Å². The molecule has 0 amide bonds. The Morgan fingerprint density at radius 2 is 0.578 bits per heavy atom. The summed E-state index contributed by atoms with van der Waals surface area (Å²) in [4.78, 5) is 8.79. The van der Waals surface area contributed by atoms with E-state index in [0.29, 0.717) is 0 Å². The molecule has 0 fully saturated rings. The van der Waals surface area contributed by atoms with Crippen molar-refractivity contribution < 1.29 is 0 Å². The quantitative estimate of drug-likeness (QED) is 0.174. The van der Waals surface area contributed by atoms with Crippen molar-refractivity contribution >= 4 is 87.2 Å². The normalized spacial score (nSPS) is 12.1. The molecule has 0 N–H and O–H groups in total. The zero-order valence-corrected chi connectivity index (χ0v) is 34.5. The highest BCUT2D eigenvalue weighted by molar-refractivity contribution is 6.25. The number of pyridine rings is 2. The van der Waals surface area contributed by atoms with E-state index in [2.05, 4.69) is 222 Å². The van der Waals surface area contributed by atoms with Gasteiger partial charge in [-0.1, -0.05) is 115 Å². The van der Waals surface area contributed by atoms with Crippen LogP contribution in [0.1, 0.15) is 0 Å². The van der Waals surface area contributed by atoms with Gasteiger partial charge in [0.2, 0.25) is 0 Å². The van der Waals surface area contributed by atoms with Gasteiger partial charge in [0.1, 0.15) is 0 Å². The summed E-state index contributed by atoms with van der Waals surface area (Å²) < 4.78 is 9.77. The first kappa shape index (κ1) is 34.9. The van der Waals surface area contributed by atoms with Gasteiger partial charge in [0, 0.05) is 90.6 Å². The van der Waals surface area contributed by atoms with E-state index in [1.54, 1.807) is 0 Å². The molecule has 0 saturated carbocycles.